The van der Waals surface area contributed by atoms with Gasteiger partial charge in [-0.2, -0.15) is 0 Å². The third-order valence-corrected chi connectivity index (χ3v) is 5.78. The van der Waals surface area contributed by atoms with Gasteiger partial charge in [0, 0.05) is 16.7 Å². The van der Waals surface area contributed by atoms with Crippen molar-refractivity contribution in [2.24, 2.45) is 0 Å². The maximum atomic E-state index is 12.9. The fraction of sp³-hybridized carbons (Fsp3) is 0.105. The van der Waals surface area contributed by atoms with Gasteiger partial charge in [-0.15, -0.1) is 6.42 Å². The Morgan fingerprint density at radius 2 is 1.54 bits per heavy atom. The second-order valence-corrected chi connectivity index (χ2v) is 7.38. The van der Waals surface area contributed by atoms with Gasteiger partial charge in [-0.05, 0) is 25.0 Å². The summed E-state index contributed by atoms with van der Waals surface area (Å²) in [6, 6.07) is 12.6. The van der Waals surface area contributed by atoms with Gasteiger partial charge in [-0.3, -0.25) is 0 Å². The summed E-state index contributed by atoms with van der Waals surface area (Å²) in [5, 5.41) is 0. The van der Waals surface area contributed by atoms with Gasteiger partial charge in [0.25, 0.3) is 0 Å². The van der Waals surface area contributed by atoms with Crippen LogP contribution in [0.4, 0.5) is 0 Å². The van der Waals surface area contributed by atoms with Gasteiger partial charge >= 0.3 is 5.97 Å². The van der Waals surface area contributed by atoms with Crippen LogP contribution < -0.4 is 0 Å². The number of ether oxygens (including phenoxy) is 1. The molecule has 0 unspecified atom stereocenters. The lowest BCUT2D eigenvalue weighted by molar-refractivity contribution is -0.147. The first kappa shape index (κ1) is 16.0. The molecule has 0 saturated carbocycles. The van der Waals surface area contributed by atoms with Gasteiger partial charge in [-0.25, -0.2) is 13.2 Å². The van der Waals surface area contributed by atoms with Gasteiger partial charge in [0.05, 0.1) is 9.79 Å². The van der Waals surface area contributed by atoms with Crippen LogP contribution >= 0.6 is 0 Å². The Morgan fingerprint density at radius 1 is 1.08 bits per heavy atom. The molecule has 5 heteroatoms. The molecule has 0 amide bonds. The monoisotopic (exact) mass is 338 g/mol. The SMILES string of the molecule is C#CC1(OC(=O)C(=C)C)c2ccccc2S(=O)(=O)c2ccccc21. The molecule has 1 aliphatic heterocycles. The zero-order valence-electron chi connectivity index (χ0n) is 12.9. The first-order valence-corrected chi connectivity index (χ1v) is 8.63. The first-order valence-electron chi connectivity index (χ1n) is 7.15. The highest BCUT2D eigenvalue weighted by molar-refractivity contribution is 7.91. The number of rotatable bonds is 2. The van der Waals surface area contributed by atoms with E-state index in [1.54, 1.807) is 36.4 Å². The van der Waals surface area contributed by atoms with Gasteiger partial charge in [-0.1, -0.05) is 43.0 Å². The Bertz CT molecular complexity index is 956. The highest BCUT2D eigenvalue weighted by Crippen LogP contribution is 2.46. The third-order valence-electron chi connectivity index (χ3n) is 3.91. The lowest BCUT2D eigenvalue weighted by atomic mass is 9.86. The first-order chi connectivity index (χ1) is 11.3. The average molecular weight is 338 g/mol. The minimum absolute atomic E-state index is 0.0381. The van der Waals surface area contributed by atoms with E-state index >= 15 is 0 Å². The number of hydrogen-bond donors (Lipinski definition) is 0. The Hall–Kier alpha value is -2.84. The van der Waals surface area contributed by atoms with Crippen molar-refractivity contribution < 1.29 is 17.9 Å². The highest BCUT2D eigenvalue weighted by Gasteiger charge is 2.48. The predicted molar refractivity (Wildman–Crippen MR) is 88.9 cm³/mol. The molecular weight excluding hydrogens is 324 g/mol. The molecule has 0 radical (unpaired) electrons. The van der Waals surface area contributed by atoms with Crippen molar-refractivity contribution >= 4 is 15.8 Å². The van der Waals surface area contributed by atoms with Crippen LogP contribution in [-0.4, -0.2) is 14.4 Å². The number of carbonyl (C=O) groups excluding carboxylic acids is 1. The Morgan fingerprint density at radius 3 is 1.96 bits per heavy atom. The van der Waals surface area contributed by atoms with E-state index in [0.29, 0.717) is 0 Å². The zero-order chi connectivity index (χ0) is 17.5. The van der Waals surface area contributed by atoms with E-state index in [0.717, 1.165) is 0 Å². The molecule has 0 N–H and O–H groups in total. The number of fused-ring (bicyclic) bond motifs is 2. The van der Waals surface area contributed by atoms with Crippen molar-refractivity contribution in [2.75, 3.05) is 0 Å². The standard InChI is InChI=1S/C19H14O4S/c1-4-19(23-18(20)13(2)3)14-9-5-7-11-16(14)24(21,22)17-12-8-6-10-15(17)19/h1,5-12H,2H2,3H3. The Kier molecular flexibility index (Phi) is 3.58. The van der Waals surface area contributed by atoms with Crippen molar-refractivity contribution in [1.82, 2.24) is 0 Å². The van der Waals surface area contributed by atoms with E-state index in [2.05, 4.69) is 12.5 Å². The normalized spacial score (nSPS) is 16.2. The number of hydrogen-bond acceptors (Lipinski definition) is 4. The van der Waals surface area contributed by atoms with Crippen molar-refractivity contribution in [1.29, 1.82) is 0 Å². The summed E-state index contributed by atoms with van der Waals surface area (Å²) in [7, 11) is -3.75. The molecule has 0 fully saturated rings. The van der Waals surface area contributed by atoms with Gasteiger partial charge in [0.1, 0.15) is 0 Å². The molecule has 0 aliphatic carbocycles. The highest BCUT2D eigenvalue weighted by atomic mass is 32.2. The fourth-order valence-corrected chi connectivity index (χ4v) is 4.52. The van der Waals surface area contributed by atoms with Gasteiger partial charge in [0.2, 0.25) is 15.4 Å². The number of terminal acetylenes is 1. The van der Waals surface area contributed by atoms with Crippen LogP contribution in [0, 0.1) is 12.3 Å². The van der Waals surface area contributed by atoms with Crippen LogP contribution in [0.1, 0.15) is 18.1 Å². The third kappa shape index (κ3) is 2.08. The number of carbonyl (C=O) groups is 1. The summed E-state index contributed by atoms with van der Waals surface area (Å²) < 4.78 is 31.4. The summed E-state index contributed by atoms with van der Waals surface area (Å²) >= 11 is 0. The molecular formula is C19H14O4S. The molecule has 0 saturated heterocycles. The molecule has 0 aromatic heterocycles. The van der Waals surface area contributed by atoms with Crippen LogP contribution in [0.25, 0.3) is 0 Å². The van der Waals surface area contributed by atoms with E-state index in [-0.39, 0.29) is 26.5 Å². The molecule has 0 spiro atoms. The molecule has 2 aromatic rings. The van der Waals surface area contributed by atoms with Gasteiger partial charge in [0.15, 0.2) is 0 Å². The number of esters is 1. The van der Waals surface area contributed by atoms with Crippen molar-refractivity contribution in [3.63, 3.8) is 0 Å². The largest absolute Gasteiger partial charge is 0.434 e. The van der Waals surface area contributed by atoms with Crippen molar-refractivity contribution in [3.05, 3.63) is 71.8 Å². The fourth-order valence-electron chi connectivity index (χ4n) is 2.77. The second-order valence-electron chi connectivity index (χ2n) is 5.49. The quantitative estimate of drug-likeness (QED) is 0.480. The summed E-state index contributed by atoms with van der Waals surface area (Å²) in [6.45, 7) is 5.07. The van der Waals surface area contributed by atoms with E-state index in [4.69, 9.17) is 11.2 Å². The van der Waals surface area contributed by atoms with Gasteiger partial charge < -0.3 is 4.74 Å². The molecule has 0 bridgehead atoms. The lowest BCUT2D eigenvalue weighted by Crippen LogP contribution is -2.38. The van der Waals surface area contributed by atoms with Crippen molar-refractivity contribution in [3.8, 4) is 12.3 Å². The minimum Gasteiger partial charge on any atom is -0.434 e. The van der Waals surface area contributed by atoms with Crippen LogP contribution in [-0.2, 0) is 25.0 Å². The van der Waals surface area contributed by atoms with E-state index in [9.17, 15) is 13.2 Å². The number of sulfone groups is 1. The van der Waals surface area contributed by atoms with Crippen LogP contribution in [0.5, 0.6) is 0 Å². The van der Waals surface area contributed by atoms with Crippen LogP contribution in [0.3, 0.4) is 0 Å². The predicted octanol–water partition coefficient (Wildman–Crippen LogP) is 2.83. The van der Waals surface area contributed by atoms with E-state index < -0.39 is 21.4 Å². The topological polar surface area (TPSA) is 60.4 Å². The van der Waals surface area contributed by atoms with E-state index in [1.165, 1.54) is 19.1 Å². The van der Waals surface area contributed by atoms with Crippen LogP contribution in [0.15, 0.2) is 70.5 Å². The van der Waals surface area contributed by atoms with Crippen LogP contribution in [0.2, 0.25) is 0 Å². The van der Waals surface area contributed by atoms with E-state index in [1.807, 2.05) is 0 Å². The molecule has 1 aliphatic rings. The summed E-state index contributed by atoms with van der Waals surface area (Å²) in [6.07, 6.45) is 5.75. The summed E-state index contributed by atoms with van der Waals surface area (Å²) in [4.78, 5) is 12.3. The maximum absolute atomic E-state index is 12.9. The molecule has 1 heterocycles. The second kappa shape index (κ2) is 5.36. The maximum Gasteiger partial charge on any atom is 0.335 e. The molecule has 120 valence electrons. The molecule has 2 aromatic carbocycles. The molecule has 24 heavy (non-hydrogen) atoms. The number of benzene rings is 2. The Balaban J connectivity index is 2.42. The van der Waals surface area contributed by atoms with Crippen molar-refractivity contribution in [2.45, 2.75) is 22.3 Å². The molecule has 4 nitrogen and oxygen atoms in total. The lowest BCUT2D eigenvalue weighted by Gasteiger charge is -2.35. The zero-order valence-corrected chi connectivity index (χ0v) is 13.8. The Labute approximate surface area is 140 Å². The summed E-state index contributed by atoms with van der Waals surface area (Å²) in [5.74, 6) is 1.82. The minimum atomic E-state index is -3.75. The molecule has 0 atom stereocenters. The average Bonchev–Trinajstić information content (AvgIpc) is 2.59. The summed E-state index contributed by atoms with van der Waals surface area (Å²) in [5.41, 5.74) is -0.941. The smallest absolute Gasteiger partial charge is 0.335 e. The molecule has 3 rings (SSSR count).